The highest BCUT2D eigenvalue weighted by molar-refractivity contribution is 6.22. The summed E-state index contributed by atoms with van der Waals surface area (Å²) in [5.41, 5.74) is 23.6. The van der Waals surface area contributed by atoms with Crippen molar-refractivity contribution in [2.24, 2.45) is 0 Å². The molecule has 0 N–H and O–H groups in total. The van der Waals surface area contributed by atoms with Crippen LogP contribution in [0.4, 0.5) is 0 Å². The normalized spacial score (nSPS) is 15.3. The van der Waals surface area contributed by atoms with Crippen LogP contribution >= 0.6 is 0 Å². The third-order valence-corrected chi connectivity index (χ3v) is 31.7. The topological polar surface area (TPSA) is 52.4 Å². The summed E-state index contributed by atoms with van der Waals surface area (Å²) < 4.78 is 36.0. The number of ether oxygens (including phenoxy) is 4. The summed E-state index contributed by atoms with van der Waals surface area (Å²) >= 11 is 0. The molecule has 0 fully saturated rings. The molecule has 0 spiro atoms. The van der Waals surface area contributed by atoms with Crippen LogP contribution in [0.15, 0.2) is 340 Å². The minimum absolute atomic E-state index is 0.0888. The largest absolute Gasteiger partial charge is 0.434 e. The van der Waals surface area contributed by atoms with E-state index in [2.05, 4.69) is 414 Å². The SMILES string of the molecule is CC1(C)c2cc3ccc4ccccc4c3c3c2-c2c1c1c(ccc4ccccc41)c[n+]2CO3.CC1(C)c2cc3ccc4ccccc4c3c3c2-c2c1c1ccc4ccccc4c1c[n+]2CO3.CC1(C)c2cc3ccc4ccccc4c3c3c2-c2c1cc1c4ccccc4ccc1[n+]2CO3.CC1(C)c2cc3ccc4ccccc4c3c3c2-c2c1cc1ccc4ccccc4c1[n+]2CO3. The predicted octanol–water partition coefficient (Wildman–Crippen LogP) is 29.0. The fourth-order valence-electron chi connectivity index (χ4n) is 25.5. The highest BCUT2D eigenvalue weighted by atomic mass is 16.5. The summed E-state index contributed by atoms with van der Waals surface area (Å²) in [4.78, 5) is 0. The first-order chi connectivity index (χ1) is 64.5. The second-order valence-corrected chi connectivity index (χ2v) is 39.9. The van der Waals surface area contributed by atoms with Gasteiger partial charge in [-0.2, -0.15) is 18.3 Å². The molecule has 0 radical (unpaired) electrons. The molecule has 4 aromatic heterocycles. The number of hydrogen-bond acceptors (Lipinski definition) is 4. The molecule has 0 unspecified atom stereocenters. The number of pyridine rings is 4. The second-order valence-electron chi connectivity index (χ2n) is 39.9. The Morgan fingerprint density at radius 3 is 0.977 bits per heavy atom. The molecule has 20 aromatic carbocycles. The molecule has 8 aliphatic rings. The summed E-state index contributed by atoms with van der Waals surface area (Å²) in [6.07, 6.45) is 4.58. The Hall–Kier alpha value is -15.6. The lowest BCUT2D eigenvalue weighted by atomic mass is 9.79. The van der Waals surface area contributed by atoms with Crippen LogP contribution in [-0.4, -0.2) is 0 Å². The van der Waals surface area contributed by atoms with Crippen LogP contribution in [0.3, 0.4) is 0 Å². The van der Waals surface area contributed by atoms with Gasteiger partial charge in [0.25, 0.3) is 26.9 Å². The van der Waals surface area contributed by atoms with E-state index >= 15 is 0 Å². The molecule has 4 aliphatic carbocycles. The van der Waals surface area contributed by atoms with Gasteiger partial charge in [-0.25, -0.2) is 0 Å². The minimum atomic E-state index is -0.127. The first kappa shape index (κ1) is 74.3. The summed E-state index contributed by atoms with van der Waals surface area (Å²) in [6.45, 7) is 21.1. The van der Waals surface area contributed by atoms with E-state index < -0.39 is 0 Å². The van der Waals surface area contributed by atoms with Gasteiger partial charge < -0.3 is 18.9 Å². The van der Waals surface area contributed by atoms with Crippen LogP contribution in [-0.2, 0) is 48.6 Å². The number of fused-ring (bicyclic) bond motifs is 32. The van der Waals surface area contributed by atoms with Crippen molar-refractivity contribution >= 4 is 173 Å². The molecule has 8 heterocycles. The van der Waals surface area contributed by atoms with Gasteiger partial charge in [-0.15, -0.1) is 0 Å². The molecule has 8 nitrogen and oxygen atoms in total. The maximum Gasteiger partial charge on any atom is 0.293 e. The van der Waals surface area contributed by atoms with Gasteiger partial charge in [0.05, 0.1) is 38.4 Å². The van der Waals surface area contributed by atoms with Crippen molar-refractivity contribution in [3.05, 3.63) is 384 Å². The molecule has 132 heavy (non-hydrogen) atoms. The average Bonchev–Trinajstić information content (AvgIpc) is 1.51. The Morgan fingerprint density at radius 1 is 0.205 bits per heavy atom. The first-order valence-electron chi connectivity index (χ1n) is 46.5. The minimum Gasteiger partial charge on any atom is -0.434 e. The van der Waals surface area contributed by atoms with Crippen molar-refractivity contribution in [3.8, 4) is 68.0 Å². The van der Waals surface area contributed by atoms with Crippen molar-refractivity contribution in [3.63, 3.8) is 0 Å². The lowest BCUT2D eigenvalue weighted by Gasteiger charge is -2.22. The van der Waals surface area contributed by atoms with E-state index in [1.54, 1.807) is 0 Å². The Morgan fingerprint density at radius 2 is 0.508 bits per heavy atom. The molecule has 0 saturated carbocycles. The Kier molecular flexibility index (Phi) is 14.7. The van der Waals surface area contributed by atoms with Crippen molar-refractivity contribution in [1.29, 1.82) is 0 Å². The van der Waals surface area contributed by atoms with Crippen LogP contribution < -0.4 is 37.2 Å². The molecule has 0 amide bonds. The third-order valence-electron chi connectivity index (χ3n) is 31.7. The van der Waals surface area contributed by atoms with E-state index in [4.69, 9.17) is 18.9 Å². The maximum absolute atomic E-state index is 6.70. The molecular formula is C124H88N4O4+4. The lowest BCUT2D eigenvalue weighted by molar-refractivity contribution is -0.716. The lowest BCUT2D eigenvalue weighted by Crippen LogP contribution is -2.43. The fraction of sp³-hybridized carbons (Fsp3) is 0.129. The molecule has 32 rings (SSSR count). The molecular weight excluding hydrogens is 1610 g/mol. The molecule has 4 aliphatic heterocycles. The van der Waals surface area contributed by atoms with Gasteiger partial charge in [-0.05, 0) is 191 Å². The quantitative estimate of drug-likeness (QED) is 0.112. The van der Waals surface area contributed by atoms with Crippen molar-refractivity contribution in [1.82, 2.24) is 0 Å². The van der Waals surface area contributed by atoms with Crippen molar-refractivity contribution in [2.45, 2.75) is 104 Å². The van der Waals surface area contributed by atoms with Crippen LogP contribution in [0, 0.1) is 0 Å². The van der Waals surface area contributed by atoms with E-state index in [1.807, 2.05) is 0 Å². The van der Waals surface area contributed by atoms with Gasteiger partial charge >= 0.3 is 0 Å². The maximum atomic E-state index is 6.70. The molecule has 0 saturated heterocycles. The number of nitrogens with zero attached hydrogens (tertiary/aromatic N) is 4. The molecule has 0 atom stereocenters. The molecule has 0 bridgehead atoms. The zero-order valence-corrected chi connectivity index (χ0v) is 74.6. The Balaban J connectivity index is 0.0000000862. The van der Waals surface area contributed by atoms with E-state index in [1.165, 1.54) is 262 Å². The predicted molar refractivity (Wildman–Crippen MR) is 539 cm³/mol. The number of benzene rings is 20. The highest BCUT2D eigenvalue weighted by Gasteiger charge is 2.53. The zero-order chi connectivity index (χ0) is 87.6. The standard InChI is InChI=1S/4C31H22NO/c1-31(2)24-15-20-13-11-19-8-4-6-10-23(19)26(20)30-27(24)29-28(31)25-21(16-32(29)17-33-30)14-12-18-7-3-5-9-22(18)25;1-31(2)24-15-20-13-11-18-7-3-5-9-22(18)26(20)30-27(24)29-25(31)16-21-14-12-19-8-4-6-10-23(19)28(21)32(29)17-33-30;1-31(2)24-15-20-12-11-19-8-4-6-10-22(19)27(20)30-28(24)29-25(31)16-23-21-9-5-3-7-18(21)13-14-26(23)32(29)17-33-30;1-31(2)25-15-20-12-11-19-8-4-6-10-22(19)26(20)30-27(25)29-28(31)23-14-13-18-7-3-5-9-21(18)24(23)16-32(29)17-33-30/h4*3-16H,17H2,1-2H3/q4*+1. The smallest absolute Gasteiger partial charge is 0.293 e. The molecule has 8 heteroatoms. The molecule has 624 valence electrons. The number of hydrogen-bond donors (Lipinski definition) is 0. The number of aromatic nitrogens is 4. The van der Waals surface area contributed by atoms with Gasteiger partial charge in [-0.1, -0.05) is 316 Å². The average molecular weight is 1700 g/mol. The fourth-order valence-corrected chi connectivity index (χ4v) is 25.5. The highest BCUT2D eigenvalue weighted by Crippen LogP contribution is 2.63. The van der Waals surface area contributed by atoms with E-state index in [-0.39, 0.29) is 21.7 Å². The summed E-state index contributed by atoms with van der Waals surface area (Å²) in [5, 5.41) is 38.2. The van der Waals surface area contributed by atoms with Crippen molar-refractivity contribution < 1.29 is 37.2 Å². The summed E-state index contributed by atoms with van der Waals surface area (Å²) in [5.74, 6) is 4.19. The second kappa shape index (κ2) is 26.1. The summed E-state index contributed by atoms with van der Waals surface area (Å²) in [6, 6.07) is 120. The Bertz CT molecular complexity index is 9250. The van der Waals surface area contributed by atoms with E-state index in [9.17, 15) is 0 Å². The van der Waals surface area contributed by atoms with Crippen LogP contribution in [0.5, 0.6) is 23.0 Å². The van der Waals surface area contributed by atoms with E-state index in [0.717, 1.165) is 23.0 Å². The zero-order valence-electron chi connectivity index (χ0n) is 74.6. The summed E-state index contributed by atoms with van der Waals surface area (Å²) in [7, 11) is 0. The number of rotatable bonds is 0. The van der Waals surface area contributed by atoms with E-state index in [0.29, 0.717) is 26.9 Å². The van der Waals surface area contributed by atoms with Gasteiger partial charge in [0.1, 0.15) is 23.0 Å². The first-order valence-corrected chi connectivity index (χ1v) is 46.5. The van der Waals surface area contributed by atoms with Gasteiger partial charge in [-0.3, -0.25) is 0 Å². The van der Waals surface area contributed by atoms with Crippen LogP contribution in [0.25, 0.3) is 218 Å². The van der Waals surface area contributed by atoms with Gasteiger partial charge in [0.15, 0.2) is 12.4 Å². The van der Waals surface area contributed by atoms with Crippen LogP contribution in [0.1, 0.15) is 99.9 Å². The molecule has 24 aromatic rings. The van der Waals surface area contributed by atoms with Gasteiger partial charge in [0, 0.05) is 87.7 Å². The van der Waals surface area contributed by atoms with Crippen LogP contribution in [0.2, 0.25) is 0 Å². The monoisotopic (exact) mass is 1700 g/mol. The third kappa shape index (κ3) is 9.74. The van der Waals surface area contributed by atoms with Gasteiger partial charge in [0.2, 0.25) is 33.8 Å². The Labute approximate surface area is 761 Å². The van der Waals surface area contributed by atoms with Crippen molar-refractivity contribution in [2.75, 3.05) is 0 Å².